The molecule has 13 heavy (non-hydrogen) atoms. The summed E-state index contributed by atoms with van der Waals surface area (Å²) in [5.41, 5.74) is 1.44. The minimum absolute atomic E-state index is 0.204. The van der Waals surface area contributed by atoms with E-state index in [1.54, 1.807) is 6.07 Å². The van der Waals surface area contributed by atoms with Crippen molar-refractivity contribution in [2.45, 2.75) is 0 Å². The fourth-order valence-electron chi connectivity index (χ4n) is 0.950. The van der Waals surface area contributed by atoms with Crippen LogP contribution in [-0.2, 0) is 0 Å². The van der Waals surface area contributed by atoms with Gasteiger partial charge in [-0.25, -0.2) is 5.10 Å². The molecule has 2 aromatic rings. The molecule has 2 rings (SSSR count). The number of H-pyrrole nitrogens is 1. The van der Waals surface area contributed by atoms with Crippen LogP contribution >= 0.6 is 22.9 Å². The van der Waals surface area contributed by atoms with Crippen molar-refractivity contribution >= 4 is 22.9 Å². The zero-order chi connectivity index (χ0) is 9.26. The van der Waals surface area contributed by atoms with Crippen LogP contribution in [0.4, 0.5) is 0 Å². The third kappa shape index (κ3) is 1.79. The van der Waals surface area contributed by atoms with Crippen LogP contribution in [-0.4, -0.2) is 10.2 Å². The molecule has 5 heteroatoms. The van der Waals surface area contributed by atoms with Gasteiger partial charge in [0, 0.05) is 17.0 Å². The summed E-state index contributed by atoms with van der Waals surface area (Å²) >= 11 is 7.20. The van der Waals surface area contributed by atoms with Crippen LogP contribution < -0.4 is 5.56 Å². The van der Waals surface area contributed by atoms with Crippen molar-refractivity contribution < 1.29 is 0 Å². The first-order valence-corrected chi connectivity index (χ1v) is 4.81. The molecule has 0 amide bonds. The molecule has 2 heterocycles. The number of halogens is 1. The summed E-state index contributed by atoms with van der Waals surface area (Å²) in [5, 5.41) is 8.13. The minimum Gasteiger partial charge on any atom is -0.268 e. The van der Waals surface area contributed by atoms with Gasteiger partial charge in [-0.1, -0.05) is 11.6 Å². The highest BCUT2D eigenvalue weighted by Crippen LogP contribution is 2.26. The first-order valence-electron chi connectivity index (χ1n) is 3.56. The van der Waals surface area contributed by atoms with Crippen molar-refractivity contribution in [1.82, 2.24) is 10.2 Å². The summed E-state index contributed by atoms with van der Waals surface area (Å²) in [6.45, 7) is 0. The molecule has 2 aromatic heterocycles. The van der Waals surface area contributed by atoms with Crippen LogP contribution in [0.5, 0.6) is 0 Å². The van der Waals surface area contributed by atoms with Crippen LogP contribution in [0.3, 0.4) is 0 Å². The fraction of sp³-hybridized carbons (Fsp3) is 0. The smallest absolute Gasteiger partial charge is 0.264 e. The van der Waals surface area contributed by atoms with E-state index in [2.05, 4.69) is 10.2 Å². The van der Waals surface area contributed by atoms with Gasteiger partial charge in [0.25, 0.3) is 5.56 Å². The number of rotatable bonds is 1. The van der Waals surface area contributed by atoms with E-state index in [9.17, 15) is 4.79 Å². The highest BCUT2D eigenvalue weighted by molar-refractivity contribution is 7.14. The monoisotopic (exact) mass is 212 g/mol. The molecule has 0 unspecified atom stereocenters. The van der Waals surface area contributed by atoms with Gasteiger partial charge in [0.15, 0.2) is 0 Å². The predicted molar refractivity (Wildman–Crippen MR) is 53.2 cm³/mol. The Labute approximate surface area is 83.0 Å². The van der Waals surface area contributed by atoms with Gasteiger partial charge in [-0.3, -0.25) is 4.79 Å². The SMILES string of the molecule is O=c1ccc(-c2csc(Cl)c2)n[nH]1. The first-order chi connectivity index (χ1) is 6.25. The van der Waals surface area contributed by atoms with Crippen LogP contribution in [0.1, 0.15) is 0 Å². The van der Waals surface area contributed by atoms with E-state index < -0.39 is 0 Å². The van der Waals surface area contributed by atoms with Crippen molar-refractivity contribution in [3.63, 3.8) is 0 Å². The molecular formula is C8H5ClN2OS. The van der Waals surface area contributed by atoms with Crippen molar-refractivity contribution in [3.8, 4) is 11.3 Å². The molecule has 0 aromatic carbocycles. The van der Waals surface area contributed by atoms with Gasteiger partial charge in [0.1, 0.15) is 0 Å². The molecule has 66 valence electrons. The third-order valence-corrected chi connectivity index (χ3v) is 2.63. The lowest BCUT2D eigenvalue weighted by molar-refractivity contribution is 0.996. The predicted octanol–water partition coefficient (Wildman–Crippen LogP) is 2.15. The van der Waals surface area contributed by atoms with E-state index in [1.807, 2.05) is 11.4 Å². The van der Waals surface area contributed by atoms with Gasteiger partial charge in [0.05, 0.1) is 10.0 Å². The Bertz CT molecular complexity index is 456. The van der Waals surface area contributed by atoms with Gasteiger partial charge in [-0.2, -0.15) is 5.10 Å². The Morgan fingerprint density at radius 3 is 2.85 bits per heavy atom. The zero-order valence-corrected chi connectivity index (χ0v) is 8.02. The summed E-state index contributed by atoms with van der Waals surface area (Å²) in [4.78, 5) is 10.7. The molecule has 0 aliphatic rings. The lowest BCUT2D eigenvalue weighted by Crippen LogP contribution is -2.05. The van der Waals surface area contributed by atoms with E-state index in [0.29, 0.717) is 4.34 Å². The lowest BCUT2D eigenvalue weighted by Gasteiger charge is -1.92. The Hall–Kier alpha value is -1.13. The average Bonchev–Trinajstić information content (AvgIpc) is 2.53. The lowest BCUT2D eigenvalue weighted by atomic mass is 10.2. The Morgan fingerprint density at radius 2 is 2.31 bits per heavy atom. The van der Waals surface area contributed by atoms with Gasteiger partial charge in [-0.05, 0) is 12.1 Å². The summed E-state index contributed by atoms with van der Waals surface area (Å²) in [6, 6.07) is 4.91. The molecule has 3 nitrogen and oxygen atoms in total. The topological polar surface area (TPSA) is 45.8 Å². The van der Waals surface area contributed by atoms with Crippen molar-refractivity contribution in [2.24, 2.45) is 0 Å². The summed E-state index contributed by atoms with van der Waals surface area (Å²) < 4.78 is 0.711. The molecule has 0 aliphatic heterocycles. The highest BCUT2D eigenvalue weighted by Gasteiger charge is 2.01. The van der Waals surface area contributed by atoms with Gasteiger partial charge < -0.3 is 0 Å². The molecular weight excluding hydrogens is 208 g/mol. The van der Waals surface area contributed by atoms with Gasteiger partial charge in [-0.15, -0.1) is 11.3 Å². The number of thiophene rings is 1. The molecule has 0 spiro atoms. The number of nitrogens with one attached hydrogen (secondary N) is 1. The summed E-state index contributed by atoms with van der Waals surface area (Å²) in [7, 11) is 0. The molecule has 0 aliphatic carbocycles. The molecule has 0 saturated heterocycles. The average molecular weight is 213 g/mol. The van der Waals surface area contributed by atoms with E-state index in [0.717, 1.165) is 11.3 Å². The second-order valence-electron chi connectivity index (χ2n) is 2.45. The maximum atomic E-state index is 10.7. The molecule has 0 fully saturated rings. The van der Waals surface area contributed by atoms with E-state index in [1.165, 1.54) is 17.4 Å². The normalized spacial score (nSPS) is 10.2. The Morgan fingerprint density at radius 1 is 1.46 bits per heavy atom. The molecule has 1 N–H and O–H groups in total. The van der Waals surface area contributed by atoms with Crippen molar-refractivity contribution in [2.75, 3.05) is 0 Å². The minimum atomic E-state index is -0.204. The Balaban J connectivity index is 2.47. The summed E-state index contributed by atoms with van der Waals surface area (Å²) in [6.07, 6.45) is 0. The number of aromatic nitrogens is 2. The molecule has 0 radical (unpaired) electrons. The third-order valence-electron chi connectivity index (χ3n) is 1.54. The number of hydrogen-bond acceptors (Lipinski definition) is 3. The first kappa shape index (κ1) is 8.47. The van der Waals surface area contributed by atoms with Crippen LogP contribution in [0.15, 0.2) is 28.4 Å². The molecule has 0 atom stereocenters. The second-order valence-corrected chi connectivity index (χ2v) is 3.99. The summed E-state index contributed by atoms with van der Waals surface area (Å²) in [5.74, 6) is 0. The number of aromatic amines is 1. The van der Waals surface area contributed by atoms with Crippen molar-refractivity contribution in [1.29, 1.82) is 0 Å². The van der Waals surface area contributed by atoms with Gasteiger partial charge in [0.2, 0.25) is 0 Å². The quantitative estimate of drug-likeness (QED) is 0.788. The van der Waals surface area contributed by atoms with Crippen LogP contribution in [0, 0.1) is 0 Å². The van der Waals surface area contributed by atoms with E-state index in [4.69, 9.17) is 11.6 Å². The van der Waals surface area contributed by atoms with E-state index in [-0.39, 0.29) is 5.56 Å². The molecule has 0 bridgehead atoms. The second kappa shape index (κ2) is 3.32. The highest BCUT2D eigenvalue weighted by atomic mass is 35.5. The largest absolute Gasteiger partial charge is 0.268 e. The van der Waals surface area contributed by atoms with E-state index >= 15 is 0 Å². The Kier molecular flexibility index (Phi) is 2.16. The van der Waals surface area contributed by atoms with Crippen LogP contribution in [0.2, 0.25) is 4.34 Å². The maximum Gasteiger partial charge on any atom is 0.264 e. The zero-order valence-electron chi connectivity index (χ0n) is 6.45. The number of nitrogens with zero attached hydrogens (tertiary/aromatic N) is 1. The standard InChI is InChI=1S/C8H5ClN2OS/c9-7-3-5(4-13-7)6-1-2-8(12)11-10-6/h1-4H,(H,11,12). The maximum absolute atomic E-state index is 10.7. The van der Waals surface area contributed by atoms with Crippen molar-refractivity contribution in [3.05, 3.63) is 38.3 Å². The van der Waals surface area contributed by atoms with Crippen LogP contribution in [0.25, 0.3) is 11.3 Å². The number of hydrogen-bond donors (Lipinski definition) is 1. The van der Waals surface area contributed by atoms with Gasteiger partial charge >= 0.3 is 0 Å². The fourth-order valence-corrected chi connectivity index (χ4v) is 1.82. The molecule has 0 saturated carbocycles.